The summed E-state index contributed by atoms with van der Waals surface area (Å²) in [5, 5.41) is 19.7. The molecule has 1 aliphatic heterocycles. The number of hydrogen-bond acceptors (Lipinski definition) is 7. The van der Waals surface area contributed by atoms with Gasteiger partial charge in [0.1, 0.15) is 11.9 Å². The smallest absolute Gasteiger partial charge is 0.475 e. The molecule has 1 aromatic rings. The largest absolute Gasteiger partial charge is 0.490 e. The number of piperazine rings is 1. The number of nitrogens with one attached hydrogen (secondary N) is 2. The van der Waals surface area contributed by atoms with Crippen LogP contribution in [0.2, 0.25) is 0 Å². The average molecular weight is 732 g/mol. The van der Waals surface area contributed by atoms with Crippen LogP contribution in [0.1, 0.15) is 64.4 Å². The summed E-state index contributed by atoms with van der Waals surface area (Å²) in [6, 6.07) is 3.05. The molecule has 19 heteroatoms. The van der Waals surface area contributed by atoms with E-state index in [-0.39, 0.29) is 35.7 Å². The van der Waals surface area contributed by atoms with Gasteiger partial charge >= 0.3 is 24.3 Å². The van der Waals surface area contributed by atoms with Crippen LogP contribution in [-0.2, 0) is 24.0 Å². The second-order valence-electron chi connectivity index (χ2n) is 12.2. The molecule has 6 N–H and O–H groups in total. The minimum atomic E-state index is -5.08. The third-order valence-corrected chi connectivity index (χ3v) is 8.35. The van der Waals surface area contributed by atoms with Gasteiger partial charge < -0.3 is 36.4 Å². The van der Waals surface area contributed by atoms with E-state index in [4.69, 9.17) is 25.5 Å². The first kappa shape index (κ1) is 44.0. The molecule has 0 spiro atoms. The molecule has 1 aromatic carbocycles. The minimum Gasteiger partial charge on any atom is -0.475 e. The van der Waals surface area contributed by atoms with Crippen molar-refractivity contribution in [2.75, 3.05) is 38.5 Å². The standard InChI is InChI=1S/C27H42FN5O3.2C2HF3O2/c1-5-23(34)31-25(27(36)33-14-12-32(4)13-15-33)18(3)20-10-11-22(21(28)16-20)30-26(35)24(29)19-8-6-17(2)7-9-19;2*3-2(4,5)1(6)7/h10-11,16-19,24-25H,5-9,12-15,29H2,1-4H3,(H,30,35)(H,31,34);2*(H,6,7)/t17?,18-,19?,24-,25+;;/m0../s1. The number of hydrogen-bond donors (Lipinski definition) is 5. The fraction of sp³-hybridized carbons (Fsp3) is 0.645. The molecule has 0 radical (unpaired) electrons. The monoisotopic (exact) mass is 731 g/mol. The molecule has 3 amide bonds. The number of halogens is 7. The number of carboxylic acid groups (broad SMARTS) is 2. The lowest BCUT2D eigenvalue weighted by atomic mass is 9.79. The predicted molar refractivity (Wildman–Crippen MR) is 166 cm³/mol. The highest BCUT2D eigenvalue weighted by Crippen LogP contribution is 2.31. The van der Waals surface area contributed by atoms with E-state index < -0.39 is 48.1 Å². The topological polar surface area (TPSA) is 182 Å². The van der Waals surface area contributed by atoms with Crippen LogP contribution < -0.4 is 16.4 Å². The van der Waals surface area contributed by atoms with Gasteiger partial charge in [0.05, 0.1) is 11.7 Å². The first-order chi connectivity index (χ1) is 23.0. The molecule has 1 saturated heterocycles. The molecule has 3 rings (SSSR count). The van der Waals surface area contributed by atoms with E-state index in [9.17, 15) is 40.7 Å². The van der Waals surface area contributed by atoms with E-state index in [0.29, 0.717) is 24.6 Å². The molecule has 50 heavy (non-hydrogen) atoms. The van der Waals surface area contributed by atoms with E-state index in [0.717, 1.165) is 38.8 Å². The number of nitrogens with zero attached hydrogens (tertiary/aromatic N) is 2. The summed E-state index contributed by atoms with van der Waals surface area (Å²) >= 11 is 0. The number of carbonyl (C=O) groups is 5. The zero-order chi connectivity index (χ0) is 38.6. The maximum Gasteiger partial charge on any atom is 0.490 e. The van der Waals surface area contributed by atoms with Crippen LogP contribution >= 0.6 is 0 Å². The Morgan fingerprint density at radius 1 is 0.920 bits per heavy atom. The summed E-state index contributed by atoms with van der Waals surface area (Å²) in [4.78, 5) is 60.0. The number of likely N-dealkylation sites (N-methyl/N-ethyl adjacent to an activating group) is 1. The number of alkyl halides is 6. The van der Waals surface area contributed by atoms with Crippen molar-refractivity contribution in [2.24, 2.45) is 17.6 Å². The van der Waals surface area contributed by atoms with Gasteiger partial charge in [-0.25, -0.2) is 14.0 Å². The number of anilines is 1. The molecule has 0 bridgehead atoms. The Kier molecular flexibility index (Phi) is 17.1. The van der Waals surface area contributed by atoms with Crippen LogP contribution in [0.15, 0.2) is 18.2 Å². The first-order valence-electron chi connectivity index (χ1n) is 15.7. The van der Waals surface area contributed by atoms with E-state index >= 15 is 4.39 Å². The van der Waals surface area contributed by atoms with Crippen LogP contribution in [0.3, 0.4) is 0 Å². The fourth-order valence-electron chi connectivity index (χ4n) is 5.08. The molecule has 1 heterocycles. The van der Waals surface area contributed by atoms with Gasteiger partial charge in [-0.3, -0.25) is 14.4 Å². The minimum absolute atomic E-state index is 0.0649. The number of benzene rings is 1. The average Bonchev–Trinajstić information content (AvgIpc) is 3.03. The van der Waals surface area contributed by atoms with Crippen LogP contribution in [0, 0.1) is 17.7 Å². The molecule has 284 valence electrons. The summed E-state index contributed by atoms with van der Waals surface area (Å²) in [6.07, 6.45) is -6.01. The summed E-state index contributed by atoms with van der Waals surface area (Å²) in [5.41, 5.74) is 6.84. The number of carboxylic acids is 2. The SMILES string of the molecule is CCC(=O)N[C@@H](C(=O)N1CCN(C)CC1)[C@@H](C)c1ccc(NC(=O)[C@@H](N)C2CCC(C)CC2)c(F)c1.O=C(O)C(F)(F)F.O=C(O)C(F)(F)F. The van der Waals surface area contributed by atoms with E-state index in [1.807, 2.05) is 14.0 Å². The van der Waals surface area contributed by atoms with Gasteiger partial charge in [0.2, 0.25) is 17.7 Å². The van der Waals surface area contributed by atoms with Gasteiger partial charge in [0, 0.05) is 38.5 Å². The van der Waals surface area contributed by atoms with Crippen molar-refractivity contribution < 1.29 is 64.9 Å². The number of nitrogens with two attached hydrogens (primary N) is 1. The summed E-state index contributed by atoms with van der Waals surface area (Å²) < 4.78 is 78.5. The van der Waals surface area contributed by atoms with Crippen molar-refractivity contribution in [2.45, 2.75) is 83.2 Å². The summed E-state index contributed by atoms with van der Waals surface area (Å²) in [6.45, 7) is 8.44. The van der Waals surface area contributed by atoms with E-state index in [1.54, 1.807) is 17.9 Å². The second kappa shape index (κ2) is 19.4. The maximum absolute atomic E-state index is 15.1. The Morgan fingerprint density at radius 2 is 1.40 bits per heavy atom. The van der Waals surface area contributed by atoms with E-state index in [1.165, 1.54) is 12.1 Å². The molecule has 2 aliphatic rings. The molecule has 1 saturated carbocycles. The maximum atomic E-state index is 15.1. The Labute approximate surface area is 284 Å². The van der Waals surface area contributed by atoms with Crippen LogP contribution in [0.5, 0.6) is 0 Å². The highest BCUT2D eigenvalue weighted by atomic mass is 19.4. The van der Waals surface area contributed by atoms with Crippen molar-refractivity contribution in [3.63, 3.8) is 0 Å². The molecule has 1 aliphatic carbocycles. The quantitative estimate of drug-likeness (QED) is 0.247. The van der Waals surface area contributed by atoms with Crippen molar-refractivity contribution in [3.05, 3.63) is 29.6 Å². The van der Waals surface area contributed by atoms with Crippen molar-refractivity contribution in [3.8, 4) is 0 Å². The fourth-order valence-corrected chi connectivity index (χ4v) is 5.08. The Balaban J connectivity index is 0.000000748. The van der Waals surface area contributed by atoms with Gasteiger partial charge in [-0.15, -0.1) is 0 Å². The summed E-state index contributed by atoms with van der Waals surface area (Å²) in [7, 11) is 2.01. The van der Waals surface area contributed by atoms with Crippen molar-refractivity contribution in [1.29, 1.82) is 0 Å². The third kappa shape index (κ3) is 14.5. The van der Waals surface area contributed by atoms with Crippen molar-refractivity contribution in [1.82, 2.24) is 15.1 Å². The lowest BCUT2D eigenvalue weighted by Gasteiger charge is -2.36. The number of aliphatic carboxylic acids is 2. The van der Waals surface area contributed by atoms with Gasteiger partial charge in [-0.1, -0.05) is 39.7 Å². The molecule has 0 aromatic heterocycles. The third-order valence-electron chi connectivity index (χ3n) is 8.35. The zero-order valence-electron chi connectivity index (χ0n) is 28.0. The van der Waals surface area contributed by atoms with Gasteiger partial charge in [-0.2, -0.15) is 26.3 Å². The summed E-state index contributed by atoms with van der Waals surface area (Å²) in [5.74, 6) is -6.59. The first-order valence-corrected chi connectivity index (χ1v) is 15.7. The molecule has 2 fully saturated rings. The van der Waals surface area contributed by atoms with E-state index in [2.05, 4.69) is 22.5 Å². The molecular formula is C31H44F7N5O7. The number of carbonyl (C=O) groups excluding carboxylic acids is 3. The van der Waals surface area contributed by atoms with Crippen LogP contribution in [-0.4, -0.2) is 107 Å². The molecule has 0 unspecified atom stereocenters. The van der Waals surface area contributed by atoms with Gasteiger partial charge in [-0.05, 0) is 49.4 Å². The lowest BCUT2D eigenvalue weighted by Crippen LogP contribution is -2.55. The Bertz CT molecular complexity index is 1290. The highest BCUT2D eigenvalue weighted by molar-refractivity contribution is 5.95. The van der Waals surface area contributed by atoms with Crippen LogP contribution in [0.4, 0.5) is 36.4 Å². The van der Waals surface area contributed by atoms with Crippen molar-refractivity contribution >= 4 is 35.3 Å². The Morgan fingerprint density at radius 3 is 1.82 bits per heavy atom. The molecule has 3 atom stereocenters. The number of rotatable bonds is 8. The lowest BCUT2D eigenvalue weighted by molar-refractivity contribution is -0.193. The van der Waals surface area contributed by atoms with Gasteiger partial charge in [0.15, 0.2) is 0 Å². The van der Waals surface area contributed by atoms with Crippen LogP contribution in [0.25, 0.3) is 0 Å². The highest BCUT2D eigenvalue weighted by Gasteiger charge is 2.39. The van der Waals surface area contributed by atoms with Gasteiger partial charge in [0.25, 0.3) is 0 Å². The Hall–Kier alpha value is -4.00. The predicted octanol–water partition coefficient (Wildman–Crippen LogP) is 3.96. The number of amides is 3. The molecular weight excluding hydrogens is 687 g/mol. The zero-order valence-corrected chi connectivity index (χ0v) is 28.0. The second-order valence-corrected chi connectivity index (χ2v) is 12.2. The normalized spacial score (nSPS) is 20.0. The molecule has 12 nitrogen and oxygen atoms in total.